The molecule has 152 valence electrons. The molecule has 1 aliphatic rings. The van der Waals surface area contributed by atoms with Crippen LogP contribution in [0, 0.1) is 6.92 Å². The Kier molecular flexibility index (Phi) is 5.71. The molecule has 1 aliphatic heterocycles. The maximum absolute atomic E-state index is 12.7. The van der Waals surface area contributed by atoms with Crippen molar-refractivity contribution in [3.05, 3.63) is 29.4 Å². The number of hydrogen-bond donors (Lipinski definition) is 1. The molecule has 2 aromatic rings. The van der Waals surface area contributed by atoms with Gasteiger partial charge in [0, 0.05) is 18.5 Å². The second kappa shape index (κ2) is 7.88. The zero-order chi connectivity index (χ0) is 20.5. The summed E-state index contributed by atoms with van der Waals surface area (Å²) in [5.74, 6) is 0.938. The average molecular weight is 408 g/mol. The average Bonchev–Trinajstić information content (AvgIpc) is 3.11. The number of sulfonamides is 1. The van der Waals surface area contributed by atoms with Crippen molar-refractivity contribution < 1.29 is 22.5 Å². The Morgan fingerprint density at radius 1 is 1.32 bits per heavy atom. The van der Waals surface area contributed by atoms with Crippen LogP contribution in [0.2, 0.25) is 0 Å². The molecular formula is C18H24N4O5S. The second-order valence-corrected chi connectivity index (χ2v) is 8.42. The van der Waals surface area contributed by atoms with Crippen molar-refractivity contribution >= 4 is 21.6 Å². The third kappa shape index (κ3) is 4.02. The number of aromatic nitrogens is 2. The summed E-state index contributed by atoms with van der Waals surface area (Å²) in [6.45, 7) is 7.22. The highest BCUT2D eigenvalue weighted by molar-refractivity contribution is 7.89. The van der Waals surface area contributed by atoms with E-state index in [9.17, 15) is 13.2 Å². The van der Waals surface area contributed by atoms with E-state index >= 15 is 0 Å². The Labute approximate surface area is 164 Å². The monoisotopic (exact) mass is 408 g/mol. The molecule has 28 heavy (non-hydrogen) atoms. The Morgan fingerprint density at radius 2 is 2.07 bits per heavy atom. The lowest BCUT2D eigenvalue weighted by atomic mass is 10.1. The molecular weight excluding hydrogens is 384 g/mol. The van der Waals surface area contributed by atoms with Crippen LogP contribution in [0.25, 0.3) is 0 Å². The number of amides is 1. The van der Waals surface area contributed by atoms with E-state index in [1.807, 2.05) is 13.8 Å². The van der Waals surface area contributed by atoms with E-state index < -0.39 is 10.0 Å². The van der Waals surface area contributed by atoms with Crippen LogP contribution in [0.1, 0.15) is 44.5 Å². The Hall–Kier alpha value is -2.46. The van der Waals surface area contributed by atoms with Gasteiger partial charge in [-0.15, -0.1) is 0 Å². The van der Waals surface area contributed by atoms with Crippen LogP contribution >= 0.6 is 0 Å². The zero-order valence-corrected chi connectivity index (χ0v) is 17.2. The first-order valence-electron chi connectivity index (χ1n) is 9.16. The molecule has 2 heterocycles. The van der Waals surface area contributed by atoms with E-state index in [1.54, 1.807) is 19.9 Å². The van der Waals surface area contributed by atoms with Crippen LogP contribution in [0.3, 0.4) is 0 Å². The van der Waals surface area contributed by atoms with Gasteiger partial charge in [0.25, 0.3) is 5.91 Å². The molecule has 1 atom stereocenters. The quantitative estimate of drug-likeness (QED) is 0.744. The fourth-order valence-corrected chi connectivity index (χ4v) is 4.41. The SMILES string of the molecule is CCc1nc(CN2C(=O)COc3cc(S(=O)(=O)N[C@H](C)CC)c(C)cc32)no1. The molecule has 0 fully saturated rings. The first-order valence-corrected chi connectivity index (χ1v) is 10.6. The smallest absolute Gasteiger partial charge is 0.265 e. The standard InChI is InChI=1S/C18H24N4O5S/c1-5-12(4)21-28(24,25)15-8-14-13(7-11(15)3)22(18(23)10-26-14)9-16-19-17(6-2)27-20-16/h7-8,12,21H,5-6,9-10H2,1-4H3/t12-/m1/s1. The van der Waals surface area contributed by atoms with Crippen LogP contribution in [0.15, 0.2) is 21.6 Å². The molecule has 0 saturated carbocycles. The lowest BCUT2D eigenvalue weighted by Crippen LogP contribution is -2.39. The number of benzene rings is 1. The van der Waals surface area contributed by atoms with E-state index in [0.29, 0.717) is 41.6 Å². The van der Waals surface area contributed by atoms with E-state index in [1.165, 1.54) is 11.0 Å². The summed E-state index contributed by atoms with van der Waals surface area (Å²) < 4.78 is 38.6. The number of hydrogen-bond acceptors (Lipinski definition) is 7. The number of nitrogens with one attached hydrogen (secondary N) is 1. The molecule has 10 heteroatoms. The van der Waals surface area contributed by atoms with Gasteiger partial charge in [0.1, 0.15) is 5.75 Å². The summed E-state index contributed by atoms with van der Waals surface area (Å²) in [5.41, 5.74) is 0.999. The summed E-state index contributed by atoms with van der Waals surface area (Å²) in [4.78, 5) is 18.2. The first-order chi connectivity index (χ1) is 13.2. The van der Waals surface area contributed by atoms with Crippen LogP contribution in [-0.4, -0.2) is 37.1 Å². The van der Waals surface area contributed by atoms with E-state index in [2.05, 4.69) is 14.9 Å². The lowest BCUT2D eigenvalue weighted by Gasteiger charge is -2.29. The number of carbonyl (C=O) groups is 1. The van der Waals surface area contributed by atoms with Crippen LogP contribution < -0.4 is 14.4 Å². The predicted molar refractivity (Wildman–Crippen MR) is 102 cm³/mol. The van der Waals surface area contributed by atoms with Gasteiger partial charge in [-0.1, -0.05) is 19.0 Å². The van der Waals surface area contributed by atoms with E-state index in [-0.39, 0.29) is 30.0 Å². The number of carbonyl (C=O) groups excluding carboxylic acids is 1. The fraction of sp³-hybridized carbons (Fsp3) is 0.500. The molecule has 0 radical (unpaired) electrons. The molecule has 1 aromatic heterocycles. The van der Waals surface area contributed by atoms with Gasteiger partial charge in [0.2, 0.25) is 15.9 Å². The summed E-state index contributed by atoms with van der Waals surface area (Å²) in [5, 5.41) is 3.88. The lowest BCUT2D eigenvalue weighted by molar-refractivity contribution is -0.121. The highest BCUT2D eigenvalue weighted by Crippen LogP contribution is 2.37. The van der Waals surface area contributed by atoms with Gasteiger partial charge >= 0.3 is 0 Å². The molecule has 9 nitrogen and oxygen atoms in total. The van der Waals surface area contributed by atoms with Crippen molar-refractivity contribution in [2.45, 2.75) is 58.0 Å². The topological polar surface area (TPSA) is 115 Å². The van der Waals surface area contributed by atoms with Gasteiger partial charge in [-0.2, -0.15) is 4.98 Å². The molecule has 1 aromatic carbocycles. The van der Waals surface area contributed by atoms with Gasteiger partial charge in [-0.05, 0) is 31.9 Å². The van der Waals surface area contributed by atoms with Crippen molar-refractivity contribution in [1.82, 2.24) is 14.9 Å². The van der Waals surface area contributed by atoms with Crippen molar-refractivity contribution in [3.8, 4) is 5.75 Å². The van der Waals surface area contributed by atoms with Crippen LogP contribution in [0.4, 0.5) is 5.69 Å². The Morgan fingerprint density at radius 3 is 2.71 bits per heavy atom. The zero-order valence-electron chi connectivity index (χ0n) is 16.4. The van der Waals surface area contributed by atoms with Crippen molar-refractivity contribution in [3.63, 3.8) is 0 Å². The number of anilines is 1. The largest absolute Gasteiger partial charge is 0.482 e. The maximum atomic E-state index is 12.7. The molecule has 0 spiro atoms. The number of ether oxygens (including phenoxy) is 1. The van der Waals surface area contributed by atoms with Crippen LogP contribution in [0.5, 0.6) is 5.75 Å². The minimum absolute atomic E-state index is 0.120. The van der Waals surface area contributed by atoms with Gasteiger partial charge in [0.15, 0.2) is 12.4 Å². The fourth-order valence-electron chi connectivity index (χ4n) is 2.85. The van der Waals surface area contributed by atoms with Crippen LogP contribution in [-0.2, 0) is 27.8 Å². The number of nitrogens with zero attached hydrogens (tertiary/aromatic N) is 3. The third-order valence-corrected chi connectivity index (χ3v) is 6.30. The summed E-state index contributed by atoms with van der Waals surface area (Å²) in [7, 11) is -3.70. The molecule has 3 rings (SSSR count). The number of aryl methyl sites for hydroxylation is 2. The summed E-state index contributed by atoms with van der Waals surface area (Å²) in [6.07, 6.45) is 1.27. The van der Waals surface area contributed by atoms with Crippen molar-refractivity contribution in [2.24, 2.45) is 0 Å². The minimum atomic E-state index is -3.70. The van der Waals surface area contributed by atoms with Gasteiger partial charge < -0.3 is 9.26 Å². The Balaban J connectivity index is 1.96. The van der Waals surface area contributed by atoms with Crippen molar-refractivity contribution in [1.29, 1.82) is 0 Å². The second-order valence-electron chi connectivity index (χ2n) is 6.74. The number of fused-ring (bicyclic) bond motifs is 1. The number of rotatable bonds is 7. The van der Waals surface area contributed by atoms with Gasteiger partial charge in [-0.25, -0.2) is 13.1 Å². The third-order valence-electron chi connectivity index (χ3n) is 4.57. The minimum Gasteiger partial charge on any atom is -0.482 e. The molecule has 0 unspecified atom stereocenters. The Bertz CT molecular complexity index is 986. The van der Waals surface area contributed by atoms with Crippen molar-refractivity contribution in [2.75, 3.05) is 11.5 Å². The maximum Gasteiger partial charge on any atom is 0.265 e. The highest BCUT2D eigenvalue weighted by Gasteiger charge is 2.30. The predicted octanol–water partition coefficient (Wildman–Crippen LogP) is 1.94. The summed E-state index contributed by atoms with van der Waals surface area (Å²) in [6, 6.07) is 2.91. The first kappa shape index (κ1) is 20.3. The molecule has 0 bridgehead atoms. The summed E-state index contributed by atoms with van der Waals surface area (Å²) >= 11 is 0. The van der Waals surface area contributed by atoms with Gasteiger partial charge in [0.05, 0.1) is 17.1 Å². The van der Waals surface area contributed by atoms with E-state index in [0.717, 1.165) is 0 Å². The molecule has 1 amide bonds. The highest BCUT2D eigenvalue weighted by atomic mass is 32.2. The van der Waals surface area contributed by atoms with Gasteiger partial charge in [-0.3, -0.25) is 9.69 Å². The van der Waals surface area contributed by atoms with E-state index in [4.69, 9.17) is 9.26 Å². The molecule has 0 aliphatic carbocycles. The molecule has 1 N–H and O–H groups in total. The molecule has 0 saturated heterocycles. The normalized spacial score (nSPS) is 15.3.